The average molecular weight is 292 g/mol. The molecule has 0 spiro atoms. The molecule has 0 aliphatic heterocycles. The molecule has 0 saturated heterocycles. The van der Waals surface area contributed by atoms with Crippen molar-refractivity contribution in [1.29, 1.82) is 0 Å². The molecule has 2 aromatic heterocycles. The Bertz CT molecular complexity index is 932. The lowest BCUT2D eigenvalue weighted by atomic mass is 10.2. The maximum absolute atomic E-state index is 13.2. The summed E-state index contributed by atoms with van der Waals surface area (Å²) in [7, 11) is 0. The van der Waals surface area contributed by atoms with Gasteiger partial charge in [0.05, 0.1) is 22.7 Å². The number of halogens is 2. The number of rotatable bonds is 2. The largest absolute Gasteiger partial charge is 0.478 e. The van der Waals surface area contributed by atoms with Gasteiger partial charge in [0, 0.05) is 12.3 Å². The number of aromatic nitrogens is 4. The first kappa shape index (κ1) is 12.9. The number of hydrogen-bond acceptors (Lipinski definition) is 4. The number of aromatic carboxylic acids is 1. The molecule has 2 heterocycles. The number of hydrogen-bond donors (Lipinski definition) is 2. The molecular formula is C12H6F2N4O3. The molecular weight excluding hydrogens is 286 g/mol. The monoisotopic (exact) mass is 292 g/mol. The van der Waals surface area contributed by atoms with Crippen LogP contribution < -0.4 is 5.56 Å². The Balaban J connectivity index is 2.22. The van der Waals surface area contributed by atoms with Crippen LogP contribution in [0, 0.1) is 11.6 Å². The fourth-order valence-corrected chi connectivity index (χ4v) is 1.78. The summed E-state index contributed by atoms with van der Waals surface area (Å²) in [5.41, 5.74) is -0.871. The van der Waals surface area contributed by atoms with E-state index in [4.69, 9.17) is 5.11 Å². The molecule has 21 heavy (non-hydrogen) atoms. The molecule has 2 N–H and O–H groups in total. The van der Waals surface area contributed by atoms with E-state index >= 15 is 0 Å². The topological polar surface area (TPSA) is 101 Å². The number of carboxylic acid groups (broad SMARTS) is 1. The maximum Gasteiger partial charge on any atom is 0.338 e. The van der Waals surface area contributed by atoms with Crippen LogP contribution in [0.15, 0.2) is 29.3 Å². The highest BCUT2D eigenvalue weighted by atomic mass is 19.2. The first-order valence-electron chi connectivity index (χ1n) is 5.63. The number of H-pyrrole nitrogens is 1. The Labute approximate surface area is 114 Å². The second-order valence-electron chi connectivity index (χ2n) is 4.15. The quantitative estimate of drug-likeness (QED) is 0.736. The van der Waals surface area contributed by atoms with Crippen LogP contribution in [-0.4, -0.2) is 30.8 Å². The van der Waals surface area contributed by atoms with Crippen LogP contribution in [0.1, 0.15) is 10.4 Å². The molecule has 0 radical (unpaired) electrons. The molecule has 0 fully saturated rings. The van der Waals surface area contributed by atoms with Gasteiger partial charge in [-0.05, 0) is 6.07 Å². The first-order chi connectivity index (χ1) is 9.95. The fourth-order valence-electron chi connectivity index (χ4n) is 1.78. The molecule has 1 aromatic carbocycles. The Morgan fingerprint density at radius 1 is 1.29 bits per heavy atom. The molecule has 9 heteroatoms. The van der Waals surface area contributed by atoms with Crippen molar-refractivity contribution in [3.63, 3.8) is 0 Å². The van der Waals surface area contributed by atoms with Gasteiger partial charge in [0.15, 0.2) is 11.6 Å². The molecule has 3 rings (SSSR count). The van der Waals surface area contributed by atoms with Gasteiger partial charge in [-0.15, -0.1) is 0 Å². The van der Waals surface area contributed by atoms with Gasteiger partial charge in [0.2, 0.25) is 5.95 Å². The van der Waals surface area contributed by atoms with Crippen LogP contribution in [0.5, 0.6) is 0 Å². The predicted octanol–water partition coefficient (Wildman–Crippen LogP) is 1.09. The van der Waals surface area contributed by atoms with E-state index < -0.39 is 23.2 Å². The van der Waals surface area contributed by atoms with E-state index in [9.17, 15) is 18.4 Å². The maximum atomic E-state index is 13.2. The van der Waals surface area contributed by atoms with Crippen molar-refractivity contribution in [1.82, 2.24) is 19.7 Å². The normalized spacial score (nSPS) is 11.0. The van der Waals surface area contributed by atoms with E-state index in [0.29, 0.717) is 0 Å². The predicted molar refractivity (Wildman–Crippen MR) is 66.4 cm³/mol. The van der Waals surface area contributed by atoms with Gasteiger partial charge >= 0.3 is 5.97 Å². The molecule has 3 aromatic rings. The summed E-state index contributed by atoms with van der Waals surface area (Å²) in [6.07, 6.45) is 2.20. The lowest BCUT2D eigenvalue weighted by Gasteiger charge is -2.03. The van der Waals surface area contributed by atoms with Gasteiger partial charge in [0.25, 0.3) is 5.56 Å². The summed E-state index contributed by atoms with van der Waals surface area (Å²) in [5, 5.41) is 12.4. The lowest BCUT2D eigenvalue weighted by molar-refractivity contribution is 0.0697. The van der Waals surface area contributed by atoms with Crippen molar-refractivity contribution >= 4 is 16.9 Å². The Kier molecular flexibility index (Phi) is 2.75. The van der Waals surface area contributed by atoms with Crippen molar-refractivity contribution < 1.29 is 18.7 Å². The van der Waals surface area contributed by atoms with Crippen molar-refractivity contribution in [2.75, 3.05) is 0 Å². The van der Waals surface area contributed by atoms with Crippen LogP contribution in [0.25, 0.3) is 16.9 Å². The third kappa shape index (κ3) is 2.14. The molecule has 0 amide bonds. The van der Waals surface area contributed by atoms with E-state index in [1.807, 2.05) is 0 Å². The highest BCUT2D eigenvalue weighted by Gasteiger charge is 2.12. The van der Waals surface area contributed by atoms with Crippen molar-refractivity contribution in [3.8, 4) is 5.95 Å². The third-order valence-corrected chi connectivity index (χ3v) is 2.78. The molecule has 0 aliphatic rings. The second kappa shape index (κ2) is 4.47. The molecule has 0 bridgehead atoms. The van der Waals surface area contributed by atoms with Crippen LogP contribution >= 0.6 is 0 Å². The number of carbonyl (C=O) groups is 1. The van der Waals surface area contributed by atoms with Crippen LogP contribution in [-0.2, 0) is 0 Å². The Morgan fingerprint density at radius 2 is 2.00 bits per heavy atom. The fraction of sp³-hybridized carbons (Fsp3) is 0. The van der Waals surface area contributed by atoms with Gasteiger partial charge in [-0.2, -0.15) is 5.10 Å². The van der Waals surface area contributed by atoms with Crippen molar-refractivity contribution in [3.05, 3.63) is 52.1 Å². The Hall–Kier alpha value is -3.10. The SMILES string of the molecule is O=C(O)c1cnn(-c2nc3cc(F)c(F)cc3c(=O)[nH]2)c1. The standard InChI is InChI=1S/C12H6F2N4O3/c13-7-1-6-9(2-8(7)14)16-12(17-10(6)19)18-4-5(3-15-18)11(20)21/h1-4H,(H,20,21)(H,16,17,19). The molecule has 106 valence electrons. The minimum atomic E-state index is -1.20. The minimum absolute atomic E-state index is 0.0694. The Morgan fingerprint density at radius 3 is 2.67 bits per heavy atom. The zero-order valence-electron chi connectivity index (χ0n) is 10.2. The second-order valence-corrected chi connectivity index (χ2v) is 4.15. The summed E-state index contributed by atoms with van der Waals surface area (Å²) in [5.74, 6) is -3.60. The number of benzene rings is 1. The number of nitrogens with zero attached hydrogens (tertiary/aromatic N) is 3. The lowest BCUT2D eigenvalue weighted by Crippen LogP contribution is -2.14. The van der Waals surface area contributed by atoms with Gasteiger partial charge < -0.3 is 5.11 Å². The van der Waals surface area contributed by atoms with Crippen LogP contribution in [0.3, 0.4) is 0 Å². The van der Waals surface area contributed by atoms with E-state index in [1.54, 1.807) is 0 Å². The van der Waals surface area contributed by atoms with E-state index in [1.165, 1.54) is 0 Å². The van der Waals surface area contributed by atoms with Crippen molar-refractivity contribution in [2.24, 2.45) is 0 Å². The number of nitrogens with one attached hydrogen (secondary N) is 1. The number of carboxylic acids is 1. The number of aromatic amines is 1. The van der Waals surface area contributed by atoms with E-state index in [-0.39, 0.29) is 22.4 Å². The highest BCUT2D eigenvalue weighted by Crippen LogP contribution is 2.14. The van der Waals surface area contributed by atoms with E-state index in [0.717, 1.165) is 29.2 Å². The van der Waals surface area contributed by atoms with Gasteiger partial charge in [0.1, 0.15) is 0 Å². The number of fused-ring (bicyclic) bond motifs is 1. The van der Waals surface area contributed by atoms with Crippen LogP contribution in [0.4, 0.5) is 8.78 Å². The van der Waals surface area contributed by atoms with E-state index in [2.05, 4.69) is 15.1 Å². The summed E-state index contributed by atoms with van der Waals surface area (Å²) in [4.78, 5) is 28.8. The van der Waals surface area contributed by atoms with Gasteiger partial charge in [-0.1, -0.05) is 0 Å². The summed E-state index contributed by atoms with van der Waals surface area (Å²) < 4.78 is 27.3. The smallest absolute Gasteiger partial charge is 0.338 e. The summed E-state index contributed by atoms with van der Waals surface area (Å²) in [6.45, 7) is 0. The average Bonchev–Trinajstić information content (AvgIpc) is 2.91. The first-order valence-corrected chi connectivity index (χ1v) is 5.63. The summed E-state index contributed by atoms with van der Waals surface area (Å²) in [6, 6.07) is 1.52. The zero-order chi connectivity index (χ0) is 15.1. The highest BCUT2D eigenvalue weighted by molar-refractivity contribution is 5.87. The summed E-state index contributed by atoms with van der Waals surface area (Å²) >= 11 is 0. The molecule has 0 atom stereocenters. The zero-order valence-corrected chi connectivity index (χ0v) is 10.2. The molecule has 0 unspecified atom stereocenters. The van der Waals surface area contributed by atoms with Gasteiger partial charge in [-0.25, -0.2) is 23.2 Å². The molecule has 7 nitrogen and oxygen atoms in total. The third-order valence-electron chi connectivity index (χ3n) is 2.78. The van der Waals surface area contributed by atoms with Crippen molar-refractivity contribution in [2.45, 2.75) is 0 Å². The molecule has 0 aliphatic carbocycles. The minimum Gasteiger partial charge on any atom is -0.478 e. The van der Waals surface area contributed by atoms with Gasteiger partial charge in [-0.3, -0.25) is 9.78 Å². The molecule has 0 saturated carbocycles. The van der Waals surface area contributed by atoms with Crippen LogP contribution in [0.2, 0.25) is 0 Å².